The maximum absolute atomic E-state index is 12.2. The molecule has 146 valence electrons. The van der Waals surface area contributed by atoms with Gasteiger partial charge in [-0.15, -0.1) is 0 Å². The lowest BCUT2D eigenvalue weighted by atomic mass is 9.88. The highest BCUT2D eigenvalue weighted by molar-refractivity contribution is 5.88. The second kappa shape index (κ2) is 6.49. The Hall–Kier alpha value is -2.67. The van der Waals surface area contributed by atoms with E-state index in [1.54, 1.807) is 0 Å². The minimum Gasteiger partial charge on any atom is -0.479 e. The number of rotatable bonds is 5. The minimum absolute atomic E-state index is 0.0569. The first-order valence-corrected chi connectivity index (χ1v) is 7.92. The number of hydrogen-bond acceptors (Lipinski definition) is 11. The van der Waals surface area contributed by atoms with Gasteiger partial charge < -0.3 is 30.5 Å². The van der Waals surface area contributed by atoms with Crippen molar-refractivity contribution >= 4 is 28.7 Å². The fourth-order valence-corrected chi connectivity index (χ4v) is 3.08. The molecule has 1 aliphatic heterocycles. The van der Waals surface area contributed by atoms with Gasteiger partial charge in [0, 0.05) is 0 Å². The Bertz CT molecular complexity index is 915. The molecule has 12 heteroatoms. The minimum atomic E-state index is -2.47. The summed E-state index contributed by atoms with van der Waals surface area (Å²) in [5, 5.41) is 31.4. The number of nitrogen functional groups attached to an aromatic ring is 1. The van der Waals surface area contributed by atoms with Gasteiger partial charge in [0.05, 0.1) is 13.4 Å². The Morgan fingerprint density at radius 3 is 2.63 bits per heavy atom. The number of aliphatic hydroxyl groups excluding tert-OH is 2. The molecule has 0 amide bonds. The number of aliphatic hydroxyl groups is 3. The Morgan fingerprint density at radius 2 is 2.07 bits per heavy atom. The van der Waals surface area contributed by atoms with E-state index in [1.165, 1.54) is 13.4 Å². The van der Waals surface area contributed by atoms with E-state index in [1.807, 2.05) is 0 Å². The second-order valence-electron chi connectivity index (χ2n) is 6.25. The quantitative estimate of drug-likeness (QED) is 0.447. The molecule has 12 nitrogen and oxygen atoms in total. The van der Waals surface area contributed by atoms with E-state index in [4.69, 9.17) is 15.2 Å². The highest BCUT2D eigenvalue weighted by Gasteiger charge is 2.61. The first-order chi connectivity index (χ1) is 12.6. The van der Waals surface area contributed by atoms with Gasteiger partial charge in [-0.25, -0.2) is 4.98 Å². The molecule has 3 rings (SSSR count). The average molecular weight is 381 g/mol. The largest absolute Gasteiger partial charge is 0.479 e. The van der Waals surface area contributed by atoms with Crippen LogP contribution < -0.4 is 10.5 Å². The topological polar surface area (TPSA) is 183 Å². The number of hydrogen-bond donors (Lipinski definition) is 4. The molecule has 0 saturated carbocycles. The number of imidazole rings is 1. The lowest BCUT2D eigenvalue weighted by Crippen LogP contribution is -2.54. The van der Waals surface area contributed by atoms with Crippen LogP contribution in [0.3, 0.4) is 0 Å². The molecule has 1 unspecified atom stereocenters. The number of aromatic nitrogens is 4. The highest BCUT2D eigenvalue weighted by atomic mass is 16.6. The van der Waals surface area contributed by atoms with Crippen molar-refractivity contribution in [1.82, 2.24) is 19.5 Å². The summed E-state index contributed by atoms with van der Waals surface area (Å²) >= 11 is 0. The summed E-state index contributed by atoms with van der Waals surface area (Å²) in [6.45, 7) is 2.14. The van der Waals surface area contributed by atoms with Crippen LogP contribution in [0.4, 0.5) is 5.95 Å². The predicted octanol–water partition coefficient (Wildman–Crippen LogP) is -2.05. The lowest BCUT2D eigenvalue weighted by Gasteiger charge is -2.29. The third kappa shape index (κ3) is 2.73. The molecule has 2 aromatic rings. The third-order valence-electron chi connectivity index (χ3n) is 4.57. The van der Waals surface area contributed by atoms with Crippen molar-refractivity contribution in [3.63, 3.8) is 0 Å². The number of fused-ring (bicyclic) bond motifs is 1. The number of anilines is 1. The molecule has 5 N–H and O–H groups in total. The van der Waals surface area contributed by atoms with Gasteiger partial charge >= 0.3 is 0 Å². The summed E-state index contributed by atoms with van der Waals surface area (Å²) in [7, 11) is 1.35. The van der Waals surface area contributed by atoms with Crippen molar-refractivity contribution in [2.24, 2.45) is 0 Å². The maximum atomic E-state index is 12.2. The molecular weight excluding hydrogens is 362 g/mol. The number of carbonyl (C=O) groups is 2. The van der Waals surface area contributed by atoms with E-state index < -0.39 is 41.7 Å². The number of ether oxygens (including phenoxy) is 2. The second-order valence-corrected chi connectivity index (χ2v) is 6.25. The molecule has 1 aliphatic rings. The van der Waals surface area contributed by atoms with Crippen LogP contribution in [0.25, 0.3) is 11.2 Å². The van der Waals surface area contributed by atoms with E-state index in [0.29, 0.717) is 0 Å². The number of ketones is 2. The van der Waals surface area contributed by atoms with Crippen LogP contribution in [0.2, 0.25) is 0 Å². The van der Waals surface area contributed by atoms with Crippen molar-refractivity contribution < 1.29 is 34.4 Å². The Kier molecular flexibility index (Phi) is 4.59. The van der Waals surface area contributed by atoms with E-state index >= 15 is 0 Å². The molecule has 0 aromatic carbocycles. The van der Waals surface area contributed by atoms with Crippen LogP contribution in [-0.4, -0.2) is 77.4 Å². The number of nitrogens with two attached hydrogens (primary N) is 1. The van der Waals surface area contributed by atoms with Crippen LogP contribution >= 0.6 is 0 Å². The molecule has 1 fully saturated rings. The van der Waals surface area contributed by atoms with Crippen molar-refractivity contribution in [2.75, 3.05) is 12.8 Å². The maximum Gasteiger partial charge on any atom is 0.246 e. The Balaban J connectivity index is 2.17. The van der Waals surface area contributed by atoms with Crippen molar-refractivity contribution in [3.05, 3.63) is 6.33 Å². The first kappa shape index (κ1) is 19.1. The van der Waals surface area contributed by atoms with Gasteiger partial charge in [-0.05, 0) is 13.8 Å². The molecule has 0 radical (unpaired) electrons. The van der Waals surface area contributed by atoms with Crippen molar-refractivity contribution in [3.8, 4) is 5.88 Å². The van der Waals surface area contributed by atoms with E-state index in [9.17, 15) is 24.9 Å². The summed E-state index contributed by atoms with van der Waals surface area (Å²) in [5.74, 6) is -1.64. The monoisotopic (exact) mass is 381 g/mol. The van der Waals surface area contributed by atoms with Gasteiger partial charge in [0.25, 0.3) is 0 Å². The summed E-state index contributed by atoms with van der Waals surface area (Å²) in [5.41, 5.74) is 3.42. The van der Waals surface area contributed by atoms with Gasteiger partial charge in [-0.2, -0.15) is 9.97 Å². The molecule has 1 saturated heterocycles. The first-order valence-electron chi connectivity index (χ1n) is 7.92. The smallest absolute Gasteiger partial charge is 0.246 e. The van der Waals surface area contributed by atoms with Crippen LogP contribution in [0.1, 0.15) is 20.1 Å². The van der Waals surface area contributed by atoms with E-state index in [-0.39, 0.29) is 23.0 Å². The van der Waals surface area contributed by atoms with Gasteiger partial charge in [0.1, 0.15) is 18.3 Å². The summed E-state index contributed by atoms with van der Waals surface area (Å²) in [6.07, 6.45) is -5.51. The SMILES string of the molecule is COc1nc(N)nc2c1ncn2[C@@H]1O[C@H](C(O)C(C)=O)[C@@H](O)[C@@]1(O)C(C)=O. The standard InChI is InChI=1S/C15H19N5O7/c1-5(21)8(23)9-10(24)15(25,6(2)22)13(27-9)20-4-17-7-11(20)18-14(16)19-12(7)26-3/h4,8-10,13,23-25H,1-3H3,(H2,16,18,19)/t8?,9-,10-,13-,15+/m1/s1. The van der Waals surface area contributed by atoms with E-state index in [2.05, 4.69) is 15.0 Å². The molecule has 0 bridgehead atoms. The number of Topliss-reactive ketones (excluding diaryl/α,β-unsaturated/α-hetero) is 2. The fourth-order valence-electron chi connectivity index (χ4n) is 3.08. The Morgan fingerprint density at radius 1 is 1.41 bits per heavy atom. The average Bonchev–Trinajstić information content (AvgIpc) is 3.13. The molecule has 2 aromatic heterocycles. The lowest BCUT2D eigenvalue weighted by molar-refractivity contribution is -0.156. The van der Waals surface area contributed by atoms with Gasteiger partial charge in [0.2, 0.25) is 11.8 Å². The summed E-state index contributed by atoms with van der Waals surface area (Å²) in [4.78, 5) is 35.7. The molecule has 0 aliphatic carbocycles. The molecule has 27 heavy (non-hydrogen) atoms. The Labute approximate surface area is 152 Å². The van der Waals surface area contributed by atoms with Crippen molar-refractivity contribution in [2.45, 2.75) is 44.0 Å². The van der Waals surface area contributed by atoms with Gasteiger partial charge in [0.15, 0.2) is 34.6 Å². The normalized spacial score (nSPS) is 29.0. The molecule has 3 heterocycles. The zero-order chi connectivity index (χ0) is 20.1. The van der Waals surface area contributed by atoms with Crippen molar-refractivity contribution in [1.29, 1.82) is 0 Å². The third-order valence-corrected chi connectivity index (χ3v) is 4.57. The predicted molar refractivity (Wildman–Crippen MR) is 88.5 cm³/mol. The number of methoxy groups -OCH3 is 1. The van der Waals surface area contributed by atoms with Crippen LogP contribution in [0, 0.1) is 0 Å². The van der Waals surface area contributed by atoms with Gasteiger partial charge in [-0.1, -0.05) is 0 Å². The highest BCUT2D eigenvalue weighted by Crippen LogP contribution is 2.42. The van der Waals surface area contributed by atoms with Crippen LogP contribution in [0.5, 0.6) is 5.88 Å². The zero-order valence-corrected chi connectivity index (χ0v) is 14.7. The van der Waals surface area contributed by atoms with Gasteiger partial charge in [-0.3, -0.25) is 14.2 Å². The molecular formula is C15H19N5O7. The van der Waals surface area contributed by atoms with E-state index in [0.717, 1.165) is 18.4 Å². The van der Waals surface area contributed by atoms with Crippen LogP contribution in [0.15, 0.2) is 6.33 Å². The number of nitrogens with zero attached hydrogens (tertiary/aromatic N) is 4. The fraction of sp³-hybridized carbons (Fsp3) is 0.533. The summed E-state index contributed by atoms with van der Waals surface area (Å²) < 4.78 is 11.8. The summed E-state index contributed by atoms with van der Waals surface area (Å²) in [6, 6.07) is 0. The number of carbonyl (C=O) groups excluding carboxylic acids is 2. The zero-order valence-electron chi connectivity index (χ0n) is 14.7. The van der Waals surface area contributed by atoms with Crippen LogP contribution in [-0.2, 0) is 14.3 Å². The molecule has 0 spiro atoms. The molecule has 5 atom stereocenters.